The monoisotopic (exact) mass is 480 g/mol. The molecule has 0 unspecified atom stereocenters. The Morgan fingerprint density at radius 2 is 1.89 bits per heavy atom. The molecule has 2 aromatic rings. The molecule has 98 valence electrons. The molecule has 0 fully saturated rings. The van der Waals surface area contributed by atoms with Crippen molar-refractivity contribution < 1.29 is 4.74 Å². The lowest BCUT2D eigenvalue weighted by molar-refractivity contribution is 0.358. The van der Waals surface area contributed by atoms with Gasteiger partial charge in [0.05, 0.1) is 13.4 Å². The summed E-state index contributed by atoms with van der Waals surface area (Å²) in [5.41, 5.74) is 0.994. The summed E-state index contributed by atoms with van der Waals surface area (Å²) < 4.78 is 9.24. The average molecular weight is 480 g/mol. The van der Waals surface area contributed by atoms with Crippen molar-refractivity contribution in [3.63, 3.8) is 0 Å². The van der Waals surface area contributed by atoms with E-state index in [9.17, 15) is 0 Å². The molecule has 5 nitrogen and oxygen atoms in total. The van der Waals surface area contributed by atoms with Crippen molar-refractivity contribution in [3.05, 3.63) is 50.1 Å². The van der Waals surface area contributed by atoms with Crippen molar-refractivity contribution in [3.8, 4) is 5.75 Å². The summed E-state index contributed by atoms with van der Waals surface area (Å²) in [7, 11) is 0. The fraction of sp³-hybridized carbons (Fsp3) is 0.0833. The van der Waals surface area contributed by atoms with Crippen LogP contribution in [0.15, 0.2) is 42.5 Å². The molecule has 19 heavy (non-hydrogen) atoms. The molecule has 0 aliphatic carbocycles. The van der Waals surface area contributed by atoms with Gasteiger partial charge in [-0.05, 0) is 62.9 Å². The fourth-order valence-corrected chi connectivity index (χ4v) is 3.45. The predicted molar refractivity (Wildman–Crippen MR) is 90.6 cm³/mol. The summed E-state index contributed by atoms with van der Waals surface area (Å²) in [6, 6.07) is 4.02. The summed E-state index contributed by atoms with van der Waals surface area (Å²) in [4.78, 5) is 0. The third-order valence-corrected chi connectivity index (χ3v) is 3.72. The molecule has 0 aliphatic rings. The van der Waals surface area contributed by atoms with Crippen LogP contribution in [0, 0.1) is 7.14 Å². The van der Waals surface area contributed by atoms with Gasteiger partial charge in [-0.3, -0.25) is 0 Å². The molecule has 1 aromatic carbocycles. The van der Waals surface area contributed by atoms with Crippen LogP contribution in [-0.2, 0) is 0 Å². The second-order valence-electron chi connectivity index (χ2n) is 3.50. The van der Waals surface area contributed by atoms with Gasteiger partial charge in [0.2, 0.25) is 0 Å². The van der Waals surface area contributed by atoms with E-state index in [1.54, 1.807) is 17.0 Å². The molecule has 2 rings (SSSR count). The van der Waals surface area contributed by atoms with Crippen molar-refractivity contribution in [2.24, 2.45) is 5.10 Å². The maximum atomic E-state index is 5.62. The maximum Gasteiger partial charge on any atom is 0.146 e. The van der Waals surface area contributed by atoms with Gasteiger partial charge in [0.1, 0.15) is 25.0 Å². The minimum atomic E-state index is 0.500. The van der Waals surface area contributed by atoms with E-state index in [2.05, 4.69) is 67.1 Å². The quantitative estimate of drug-likeness (QED) is 0.376. The van der Waals surface area contributed by atoms with Crippen LogP contribution < -0.4 is 4.74 Å². The van der Waals surface area contributed by atoms with Crippen LogP contribution in [0.3, 0.4) is 0 Å². The Bertz CT molecular complexity index is 573. The van der Waals surface area contributed by atoms with Gasteiger partial charge in [-0.15, -0.1) is 10.2 Å². The smallest absolute Gasteiger partial charge is 0.146 e. The van der Waals surface area contributed by atoms with E-state index in [4.69, 9.17) is 4.74 Å². The molecule has 1 aromatic heterocycles. The third kappa shape index (κ3) is 4.00. The van der Waals surface area contributed by atoms with Crippen LogP contribution in [-0.4, -0.2) is 27.7 Å². The highest BCUT2D eigenvalue weighted by molar-refractivity contribution is 14.1. The lowest BCUT2D eigenvalue weighted by Crippen LogP contribution is -1.99. The summed E-state index contributed by atoms with van der Waals surface area (Å²) in [6.07, 6.45) is 6.56. The van der Waals surface area contributed by atoms with E-state index in [0.29, 0.717) is 6.61 Å². The highest BCUT2D eigenvalue weighted by atomic mass is 127. The summed E-state index contributed by atoms with van der Waals surface area (Å²) in [6.45, 7) is 4.15. The minimum absolute atomic E-state index is 0.500. The highest BCUT2D eigenvalue weighted by Gasteiger charge is 2.07. The largest absolute Gasteiger partial charge is 0.487 e. The van der Waals surface area contributed by atoms with E-state index in [-0.39, 0.29) is 0 Å². The number of hydrogen-bond donors (Lipinski definition) is 0. The molecular weight excluding hydrogens is 470 g/mol. The summed E-state index contributed by atoms with van der Waals surface area (Å²) in [5.74, 6) is 0.877. The lowest BCUT2D eigenvalue weighted by atomic mass is 10.2. The van der Waals surface area contributed by atoms with E-state index in [1.807, 2.05) is 12.1 Å². The Hall–Kier alpha value is -0.970. The molecule has 0 bridgehead atoms. The zero-order chi connectivity index (χ0) is 13.7. The topological polar surface area (TPSA) is 52.3 Å². The second-order valence-corrected chi connectivity index (χ2v) is 5.82. The number of hydrogen-bond acceptors (Lipinski definition) is 4. The van der Waals surface area contributed by atoms with E-state index in [0.717, 1.165) is 18.5 Å². The zero-order valence-electron chi connectivity index (χ0n) is 9.83. The Morgan fingerprint density at radius 1 is 1.26 bits per heavy atom. The van der Waals surface area contributed by atoms with Gasteiger partial charge < -0.3 is 4.74 Å². The second kappa shape index (κ2) is 6.98. The van der Waals surface area contributed by atoms with Crippen LogP contribution >= 0.6 is 45.2 Å². The Balaban J connectivity index is 2.22. The number of nitrogens with zero attached hydrogens (tertiary/aromatic N) is 4. The number of halogens is 2. The van der Waals surface area contributed by atoms with Crippen molar-refractivity contribution in [2.75, 3.05) is 6.61 Å². The molecule has 0 aliphatic heterocycles. The number of ether oxygens (including phenoxy) is 1. The van der Waals surface area contributed by atoms with Crippen LogP contribution in [0.25, 0.3) is 0 Å². The van der Waals surface area contributed by atoms with Crippen LogP contribution in [0.5, 0.6) is 5.75 Å². The van der Waals surface area contributed by atoms with E-state index < -0.39 is 0 Å². The number of aromatic nitrogens is 3. The molecule has 7 heteroatoms. The molecule has 0 atom stereocenters. The summed E-state index contributed by atoms with van der Waals surface area (Å²) >= 11 is 4.49. The Labute approximate surface area is 138 Å². The molecular formula is C12H10I2N4O. The normalized spacial score (nSPS) is 10.8. The maximum absolute atomic E-state index is 5.62. The van der Waals surface area contributed by atoms with Crippen molar-refractivity contribution >= 4 is 51.4 Å². The van der Waals surface area contributed by atoms with Gasteiger partial charge in [-0.1, -0.05) is 12.7 Å². The van der Waals surface area contributed by atoms with Gasteiger partial charge in [0.15, 0.2) is 0 Å². The first-order valence-electron chi connectivity index (χ1n) is 5.32. The first-order valence-corrected chi connectivity index (χ1v) is 7.48. The Morgan fingerprint density at radius 3 is 2.47 bits per heavy atom. The van der Waals surface area contributed by atoms with E-state index >= 15 is 0 Å². The standard InChI is InChI=1S/C12H10I2N4O/c1-2-3-19-12-10(13)4-9(5-11(12)14)6-17-18-7-15-16-8-18/h2,4-8H,1,3H2. The third-order valence-electron chi connectivity index (χ3n) is 2.11. The fourth-order valence-electron chi connectivity index (χ4n) is 1.32. The lowest BCUT2D eigenvalue weighted by Gasteiger charge is -2.09. The molecule has 0 saturated heterocycles. The van der Waals surface area contributed by atoms with Gasteiger partial charge in [-0.2, -0.15) is 5.10 Å². The van der Waals surface area contributed by atoms with E-state index in [1.165, 1.54) is 12.7 Å². The number of rotatable bonds is 5. The van der Waals surface area contributed by atoms with Crippen LogP contribution in [0.2, 0.25) is 0 Å². The van der Waals surface area contributed by atoms with Crippen LogP contribution in [0.1, 0.15) is 5.56 Å². The molecule has 0 amide bonds. The van der Waals surface area contributed by atoms with Gasteiger partial charge >= 0.3 is 0 Å². The van der Waals surface area contributed by atoms with Crippen molar-refractivity contribution in [1.29, 1.82) is 0 Å². The van der Waals surface area contributed by atoms with Crippen LogP contribution in [0.4, 0.5) is 0 Å². The van der Waals surface area contributed by atoms with Gasteiger partial charge in [0.25, 0.3) is 0 Å². The molecule has 0 radical (unpaired) electrons. The first kappa shape index (κ1) is 14.4. The molecule has 0 saturated carbocycles. The molecule has 0 N–H and O–H groups in total. The van der Waals surface area contributed by atoms with Gasteiger partial charge in [-0.25, -0.2) is 4.68 Å². The Kier molecular flexibility index (Phi) is 5.31. The average Bonchev–Trinajstić information content (AvgIpc) is 2.88. The van der Waals surface area contributed by atoms with Gasteiger partial charge in [0, 0.05) is 0 Å². The first-order chi connectivity index (χ1) is 9.20. The molecule has 1 heterocycles. The minimum Gasteiger partial charge on any atom is -0.487 e. The highest BCUT2D eigenvalue weighted by Crippen LogP contribution is 2.28. The number of benzene rings is 1. The van der Waals surface area contributed by atoms with Crippen molar-refractivity contribution in [2.45, 2.75) is 0 Å². The zero-order valence-corrected chi connectivity index (χ0v) is 14.1. The predicted octanol–water partition coefficient (Wildman–Crippen LogP) is 2.93. The SMILES string of the molecule is C=CCOc1c(I)cc(C=Nn2cnnc2)cc1I. The van der Waals surface area contributed by atoms with Crippen molar-refractivity contribution in [1.82, 2.24) is 14.9 Å². The molecule has 0 spiro atoms. The summed E-state index contributed by atoms with van der Waals surface area (Å²) in [5, 5.41) is 11.6.